The van der Waals surface area contributed by atoms with Gasteiger partial charge in [0.05, 0.1) is 7.11 Å². The highest BCUT2D eigenvalue weighted by Gasteiger charge is 2.08. The number of amides is 2. The molecule has 3 aromatic rings. The van der Waals surface area contributed by atoms with Crippen molar-refractivity contribution in [3.8, 4) is 11.5 Å². The molecule has 29 heavy (non-hydrogen) atoms. The van der Waals surface area contributed by atoms with Crippen molar-refractivity contribution < 1.29 is 19.1 Å². The van der Waals surface area contributed by atoms with Gasteiger partial charge in [0, 0.05) is 22.0 Å². The summed E-state index contributed by atoms with van der Waals surface area (Å²) in [6, 6.07) is 20.4. The van der Waals surface area contributed by atoms with E-state index in [4.69, 9.17) is 21.1 Å². The lowest BCUT2D eigenvalue weighted by molar-refractivity contribution is -0.118. The molecule has 2 N–H and O–H groups in total. The Morgan fingerprint density at radius 1 is 0.862 bits per heavy atom. The quantitative estimate of drug-likeness (QED) is 0.596. The zero-order chi connectivity index (χ0) is 20.6. The second-order valence-electron chi connectivity index (χ2n) is 6.05. The van der Waals surface area contributed by atoms with Crippen LogP contribution in [-0.4, -0.2) is 25.5 Å². The molecule has 3 rings (SSSR count). The Labute approximate surface area is 173 Å². The topological polar surface area (TPSA) is 76.7 Å². The van der Waals surface area contributed by atoms with Crippen molar-refractivity contribution in [3.05, 3.63) is 83.4 Å². The molecule has 2 amide bonds. The third kappa shape index (κ3) is 5.99. The summed E-state index contributed by atoms with van der Waals surface area (Å²) in [6.45, 7) is -0.153. The fourth-order valence-corrected chi connectivity index (χ4v) is 2.67. The van der Waals surface area contributed by atoms with Crippen molar-refractivity contribution in [3.63, 3.8) is 0 Å². The average Bonchev–Trinajstić information content (AvgIpc) is 2.73. The van der Waals surface area contributed by atoms with Crippen LogP contribution in [0.3, 0.4) is 0 Å². The zero-order valence-electron chi connectivity index (χ0n) is 15.6. The highest BCUT2D eigenvalue weighted by molar-refractivity contribution is 6.30. The van der Waals surface area contributed by atoms with Gasteiger partial charge in [0.2, 0.25) is 0 Å². The van der Waals surface area contributed by atoms with Gasteiger partial charge in [-0.05, 0) is 66.7 Å². The van der Waals surface area contributed by atoms with E-state index in [1.165, 1.54) is 0 Å². The minimum atomic E-state index is -0.319. The number of ether oxygens (including phenoxy) is 2. The molecule has 0 radical (unpaired) electrons. The van der Waals surface area contributed by atoms with Gasteiger partial charge in [-0.2, -0.15) is 0 Å². The standard InChI is InChI=1S/C22H19ClN2O4/c1-28-19-11-9-18(10-12-19)25-22(27)15-5-7-17(8-6-15)24-21(26)14-29-20-4-2-3-16(23)13-20/h2-13H,14H2,1H3,(H,24,26)(H,25,27). The SMILES string of the molecule is COc1ccc(NC(=O)c2ccc(NC(=O)COc3cccc(Cl)c3)cc2)cc1. The largest absolute Gasteiger partial charge is 0.497 e. The predicted octanol–water partition coefficient (Wildman–Crippen LogP) is 4.62. The van der Waals surface area contributed by atoms with Gasteiger partial charge in [0.25, 0.3) is 11.8 Å². The van der Waals surface area contributed by atoms with Gasteiger partial charge < -0.3 is 20.1 Å². The van der Waals surface area contributed by atoms with Crippen LogP contribution in [0.1, 0.15) is 10.4 Å². The van der Waals surface area contributed by atoms with E-state index in [2.05, 4.69) is 10.6 Å². The second-order valence-corrected chi connectivity index (χ2v) is 6.49. The Bertz CT molecular complexity index is 988. The maximum atomic E-state index is 12.3. The molecule has 0 atom stereocenters. The monoisotopic (exact) mass is 410 g/mol. The first-order valence-corrected chi connectivity index (χ1v) is 9.15. The third-order valence-electron chi connectivity index (χ3n) is 3.94. The third-order valence-corrected chi connectivity index (χ3v) is 4.18. The first-order valence-electron chi connectivity index (χ1n) is 8.77. The van der Waals surface area contributed by atoms with Gasteiger partial charge in [0.1, 0.15) is 11.5 Å². The molecule has 0 aromatic heterocycles. The van der Waals surface area contributed by atoms with Crippen molar-refractivity contribution in [2.45, 2.75) is 0 Å². The number of halogens is 1. The van der Waals surface area contributed by atoms with Gasteiger partial charge in [-0.25, -0.2) is 0 Å². The Morgan fingerprint density at radius 2 is 1.52 bits per heavy atom. The Kier molecular flexibility index (Phi) is 6.71. The van der Waals surface area contributed by atoms with E-state index in [0.29, 0.717) is 33.5 Å². The predicted molar refractivity (Wildman–Crippen MR) is 113 cm³/mol. The molecule has 0 heterocycles. The molecule has 7 heteroatoms. The van der Waals surface area contributed by atoms with Gasteiger partial charge in [0.15, 0.2) is 6.61 Å². The lowest BCUT2D eigenvalue weighted by Crippen LogP contribution is -2.20. The van der Waals surface area contributed by atoms with E-state index < -0.39 is 0 Å². The molecule has 0 unspecified atom stereocenters. The van der Waals surface area contributed by atoms with E-state index in [1.54, 1.807) is 79.9 Å². The zero-order valence-corrected chi connectivity index (χ0v) is 16.4. The summed E-state index contributed by atoms with van der Waals surface area (Å²) in [5.41, 5.74) is 1.69. The molecule has 0 saturated heterocycles. The van der Waals surface area contributed by atoms with Crippen LogP contribution in [0.15, 0.2) is 72.8 Å². The van der Waals surface area contributed by atoms with E-state index >= 15 is 0 Å². The minimum absolute atomic E-state index is 0.153. The minimum Gasteiger partial charge on any atom is -0.497 e. The molecule has 6 nitrogen and oxygen atoms in total. The van der Waals surface area contributed by atoms with Crippen molar-refractivity contribution in [1.29, 1.82) is 0 Å². The Balaban J connectivity index is 1.52. The molecular formula is C22H19ClN2O4. The maximum absolute atomic E-state index is 12.3. The molecule has 0 spiro atoms. The van der Waals surface area contributed by atoms with Crippen LogP contribution < -0.4 is 20.1 Å². The second kappa shape index (κ2) is 9.61. The summed E-state index contributed by atoms with van der Waals surface area (Å²) in [5.74, 6) is 0.651. The van der Waals surface area contributed by atoms with Crippen LogP contribution in [-0.2, 0) is 4.79 Å². The number of carbonyl (C=O) groups is 2. The summed E-state index contributed by atoms with van der Waals surface area (Å²) in [6.07, 6.45) is 0. The van der Waals surface area contributed by atoms with E-state index in [-0.39, 0.29) is 18.4 Å². The molecule has 0 bridgehead atoms. The van der Waals surface area contributed by atoms with Crippen LogP contribution >= 0.6 is 11.6 Å². The van der Waals surface area contributed by atoms with Crippen molar-refractivity contribution >= 4 is 34.8 Å². The number of hydrogen-bond acceptors (Lipinski definition) is 4. The van der Waals surface area contributed by atoms with Crippen molar-refractivity contribution in [2.24, 2.45) is 0 Å². The molecule has 0 fully saturated rings. The van der Waals surface area contributed by atoms with Gasteiger partial charge in [-0.1, -0.05) is 17.7 Å². The normalized spacial score (nSPS) is 10.1. The number of methoxy groups -OCH3 is 1. The number of rotatable bonds is 7. The lowest BCUT2D eigenvalue weighted by Gasteiger charge is -2.09. The van der Waals surface area contributed by atoms with Gasteiger partial charge >= 0.3 is 0 Å². The van der Waals surface area contributed by atoms with Crippen molar-refractivity contribution in [1.82, 2.24) is 0 Å². The molecule has 3 aromatic carbocycles. The summed E-state index contributed by atoms with van der Waals surface area (Å²) in [4.78, 5) is 24.4. The van der Waals surface area contributed by atoms with Gasteiger partial charge in [-0.3, -0.25) is 9.59 Å². The molecule has 148 valence electrons. The summed E-state index contributed by atoms with van der Waals surface area (Å²) < 4.78 is 10.5. The fourth-order valence-electron chi connectivity index (χ4n) is 2.49. The van der Waals surface area contributed by atoms with Crippen LogP contribution in [0.25, 0.3) is 0 Å². The van der Waals surface area contributed by atoms with E-state index in [0.717, 1.165) is 0 Å². The Morgan fingerprint density at radius 3 is 2.17 bits per heavy atom. The van der Waals surface area contributed by atoms with Gasteiger partial charge in [-0.15, -0.1) is 0 Å². The van der Waals surface area contributed by atoms with Crippen LogP contribution in [0, 0.1) is 0 Å². The van der Waals surface area contributed by atoms with Crippen LogP contribution in [0.4, 0.5) is 11.4 Å². The average molecular weight is 411 g/mol. The maximum Gasteiger partial charge on any atom is 0.262 e. The highest BCUT2D eigenvalue weighted by Crippen LogP contribution is 2.18. The van der Waals surface area contributed by atoms with Crippen LogP contribution in [0.5, 0.6) is 11.5 Å². The first kappa shape index (κ1) is 20.2. The molecule has 0 aliphatic heterocycles. The fraction of sp³-hybridized carbons (Fsp3) is 0.0909. The summed E-state index contributed by atoms with van der Waals surface area (Å²) in [5, 5.41) is 6.05. The smallest absolute Gasteiger partial charge is 0.262 e. The summed E-state index contributed by atoms with van der Waals surface area (Å²) in [7, 11) is 1.58. The number of benzene rings is 3. The van der Waals surface area contributed by atoms with E-state index in [9.17, 15) is 9.59 Å². The highest BCUT2D eigenvalue weighted by atomic mass is 35.5. The van der Waals surface area contributed by atoms with E-state index in [1.807, 2.05) is 0 Å². The summed E-state index contributed by atoms with van der Waals surface area (Å²) >= 11 is 5.88. The Hall–Kier alpha value is -3.51. The number of carbonyl (C=O) groups excluding carboxylic acids is 2. The molecular weight excluding hydrogens is 392 g/mol. The molecule has 0 saturated carbocycles. The van der Waals surface area contributed by atoms with Crippen molar-refractivity contribution in [2.75, 3.05) is 24.4 Å². The first-order chi connectivity index (χ1) is 14.0. The molecule has 0 aliphatic carbocycles. The number of anilines is 2. The van der Waals surface area contributed by atoms with Crippen LogP contribution in [0.2, 0.25) is 5.02 Å². The lowest BCUT2D eigenvalue weighted by atomic mass is 10.2. The number of hydrogen-bond donors (Lipinski definition) is 2. The number of nitrogens with one attached hydrogen (secondary N) is 2. The molecule has 0 aliphatic rings.